The van der Waals surface area contributed by atoms with Crippen LogP contribution in [0, 0.1) is 18.6 Å². The molecule has 0 spiro atoms. The molecule has 5 nitrogen and oxygen atoms in total. The Hall–Kier alpha value is -2.74. The fourth-order valence-corrected chi connectivity index (χ4v) is 3.02. The molecule has 128 valence electrons. The standard InChI is InChI=1S/C17H14F2N4OS/c1-11-21-22-17(23(11)13-5-3-2-4-6-13)25-10-16(24)20-15-8-7-12(18)9-14(15)19/h2-9H,10H2,1H3,(H,20,24). The summed E-state index contributed by atoms with van der Waals surface area (Å²) in [5.41, 5.74) is 0.824. The van der Waals surface area contributed by atoms with Crippen LogP contribution >= 0.6 is 11.8 Å². The molecule has 1 heterocycles. The lowest BCUT2D eigenvalue weighted by Gasteiger charge is -2.09. The van der Waals surface area contributed by atoms with Gasteiger partial charge in [0.1, 0.15) is 17.5 Å². The summed E-state index contributed by atoms with van der Waals surface area (Å²) >= 11 is 1.18. The quantitative estimate of drug-likeness (QED) is 0.707. The first-order valence-electron chi connectivity index (χ1n) is 7.40. The smallest absolute Gasteiger partial charge is 0.234 e. The molecule has 2 aromatic carbocycles. The highest BCUT2D eigenvalue weighted by Gasteiger charge is 2.14. The van der Waals surface area contributed by atoms with Crippen molar-refractivity contribution in [1.82, 2.24) is 14.8 Å². The summed E-state index contributed by atoms with van der Waals surface area (Å²) in [6.07, 6.45) is 0. The summed E-state index contributed by atoms with van der Waals surface area (Å²) < 4.78 is 28.3. The van der Waals surface area contributed by atoms with Crippen molar-refractivity contribution in [2.24, 2.45) is 0 Å². The molecule has 3 aromatic rings. The molecule has 0 atom stereocenters. The largest absolute Gasteiger partial charge is 0.323 e. The lowest BCUT2D eigenvalue weighted by Crippen LogP contribution is -2.15. The maximum atomic E-state index is 13.6. The Bertz CT molecular complexity index is 899. The zero-order chi connectivity index (χ0) is 17.8. The number of hydrogen-bond donors (Lipinski definition) is 1. The second-order valence-electron chi connectivity index (χ2n) is 5.16. The number of nitrogens with zero attached hydrogens (tertiary/aromatic N) is 3. The highest BCUT2D eigenvalue weighted by atomic mass is 32.2. The molecular weight excluding hydrogens is 346 g/mol. The van der Waals surface area contributed by atoms with Gasteiger partial charge in [-0.25, -0.2) is 8.78 Å². The number of carbonyl (C=O) groups is 1. The molecule has 0 radical (unpaired) electrons. The molecule has 0 saturated heterocycles. The van der Waals surface area contributed by atoms with E-state index in [0.717, 1.165) is 17.8 Å². The number of rotatable bonds is 5. The molecule has 0 fully saturated rings. The molecule has 0 saturated carbocycles. The van der Waals surface area contributed by atoms with Crippen molar-refractivity contribution in [3.05, 3.63) is 66.0 Å². The van der Waals surface area contributed by atoms with Crippen molar-refractivity contribution in [1.29, 1.82) is 0 Å². The average molecular weight is 360 g/mol. The van der Waals surface area contributed by atoms with E-state index in [-0.39, 0.29) is 11.4 Å². The first kappa shape index (κ1) is 17.1. The number of benzene rings is 2. The number of amides is 1. The lowest BCUT2D eigenvalue weighted by molar-refractivity contribution is -0.113. The van der Waals surface area contributed by atoms with Crippen LogP contribution in [0.3, 0.4) is 0 Å². The number of thioether (sulfide) groups is 1. The predicted molar refractivity (Wildman–Crippen MR) is 91.8 cm³/mol. The number of nitrogens with one attached hydrogen (secondary N) is 1. The third kappa shape index (κ3) is 4.03. The Kier molecular flexibility index (Phi) is 5.08. The fraction of sp³-hybridized carbons (Fsp3) is 0.118. The molecule has 1 amide bonds. The Morgan fingerprint density at radius 1 is 1.16 bits per heavy atom. The van der Waals surface area contributed by atoms with E-state index in [2.05, 4.69) is 15.5 Å². The monoisotopic (exact) mass is 360 g/mol. The first-order chi connectivity index (χ1) is 12.0. The van der Waals surface area contributed by atoms with E-state index in [4.69, 9.17) is 0 Å². The molecule has 1 aromatic heterocycles. The maximum absolute atomic E-state index is 13.6. The van der Waals surface area contributed by atoms with Gasteiger partial charge in [-0.05, 0) is 31.2 Å². The first-order valence-corrected chi connectivity index (χ1v) is 8.38. The number of halogens is 2. The van der Waals surface area contributed by atoms with Crippen molar-refractivity contribution in [3.63, 3.8) is 0 Å². The molecule has 0 unspecified atom stereocenters. The van der Waals surface area contributed by atoms with Gasteiger partial charge in [0.25, 0.3) is 0 Å². The third-order valence-corrected chi connectivity index (χ3v) is 4.28. The van der Waals surface area contributed by atoms with Crippen LogP contribution in [0.15, 0.2) is 53.7 Å². The predicted octanol–water partition coefficient (Wildman–Crippen LogP) is 3.58. The minimum atomic E-state index is -0.818. The van der Waals surface area contributed by atoms with Gasteiger partial charge in [0.05, 0.1) is 11.4 Å². The Labute approximate surface area is 147 Å². The molecule has 0 bridgehead atoms. The minimum Gasteiger partial charge on any atom is -0.323 e. The highest BCUT2D eigenvalue weighted by molar-refractivity contribution is 7.99. The summed E-state index contributed by atoms with van der Waals surface area (Å²) in [5.74, 6) is -1.23. The van der Waals surface area contributed by atoms with Gasteiger partial charge in [-0.2, -0.15) is 0 Å². The second-order valence-corrected chi connectivity index (χ2v) is 6.10. The number of carbonyl (C=O) groups excluding carboxylic acids is 1. The van der Waals surface area contributed by atoms with E-state index in [0.29, 0.717) is 11.0 Å². The minimum absolute atomic E-state index is 0.0157. The van der Waals surface area contributed by atoms with Gasteiger partial charge in [-0.3, -0.25) is 9.36 Å². The third-order valence-electron chi connectivity index (χ3n) is 3.35. The van der Waals surface area contributed by atoms with Crippen LogP contribution in [0.5, 0.6) is 0 Å². The average Bonchev–Trinajstić information content (AvgIpc) is 2.97. The van der Waals surface area contributed by atoms with E-state index >= 15 is 0 Å². The topological polar surface area (TPSA) is 59.8 Å². The van der Waals surface area contributed by atoms with E-state index in [9.17, 15) is 13.6 Å². The molecule has 25 heavy (non-hydrogen) atoms. The fourth-order valence-electron chi connectivity index (χ4n) is 2.22. The Morgan fingerprint density at radius 2 is 1.92 bits per heavy atom. The number of para-hydroxylation sites is 1. The molecule has 0 aliphatic carbocycles. The Balaban J connectivity index is 1.69. The van der Waals surface area contributed by atoms with E-state index in [1.165, 1.54) is 17.8 Å². The normalized spacial score (nSPS) is 10.7. The zero-order valence-electron chi connectivity index (χ0n) is 13.2. The van der Waals surface area contributed by atoms with Gasteiger partial charge < -0.3 is 5.32 Å². The summed E-state index contributed by atoms with van der Waals surface area (Å²) in [6, 6.07) is 12.5. The SMILES string of the molecule is Cc1nnc(SCC(=O)Nc2ccc(F)cc2F)n1-c1ccccc1. The van der Waals surface area contributed by atoms with E-state index in [1.54, 1.807) is 0 Å². The lowest BCUT2D eigenvalue weighted by atomic mass is 10.3. The van der Waals surface area contributed by atoms with Gasteiger partial charge in [0, 0.05) is 11.8 Å². The zero-order valence-corrected chi connectivity index (χ0v) is 14.1. The summed E-state index contributed by atoms with van der Waals surface area (Å²) in [5, 5.41) is 11.1. The van der Waals surface area contributed by atoms with Crippen molar-refractivity contribution >= 4 is 23.4 Å². The number of aromatic nitrogens is 3. The van der Waals surface area contributed by atoms with Crippen LogP contribution in [-0.2, 0) is 4.79 Å². The molecule has 0 aliphatic rings. The van der Waals surface area contributed by atoms with Crippen molar-refractivity contribution < 1.29 is 13.6 Å². The number of anilines is 1. The van der Waals surface area contributed by atoms with Crippen LogP contribution < -0.4 is 5.32 Å². The molecule has 0 aliphatic heterocycles. The molecule has 3 rings (SSSR count). The van der Waals surface area contributed by atoms with Crippen LogP contribution in [0.1, 0.15) is 5.82 Å². The number of aryl methyl sites for hydroxylation is 1. The summed E-state index contributed by atoms with van der Waals surface area (Å²) in [4.78, 5) is 12.0. The van der Waals surface area contributed by atoms with Gasteiger partial charge in [0.15, 0.2) is 5.16 Å². The van der Waals surface area contributed by atoms with Crippen molar-refractivity contribution in [2.75, 3.05) is 11.1 Å². The molecule has 1 N–H and O–H groups in total. The maximum Gasteiger partial charge on any atom is 0.234 e. The van der Waals surface area contributed by atoms with E-state index < -0.39 is 17.5 Å². The van der Waals surface area contributed by atoms with Crippen molar-refractivity contribution in [3.8, 4) is 5.69 Å². The van der Waals surface area contributed by atoms with Crippen LogP contribution in [0.4, 0.5) is 14.5 Å². The van der Waals surface area contributed by atoms with E-state index in [1.807, 2.05) is 41.8 Å². The van der Waals surface area contributed by atoms with Crippen LogP contribution in [0.2, 0.25) is 0 Å². The van der Waals surface area contributed by atoms with Gasteiger partial charge >= 0.3 is 0 Å². The molecule has 8 heteroatoms. The highest BCUT2D eigenvalue weighted by Crippen LogP contribution is 2.22. The summed E-state index contributed by atoms with van der Waals surface area (Å²) in [6.45, 7) is 1.82. The van der Waals surface area contributed by atoms with Gasteiger partial charge in [-0.1, -0.05) is 30.0 Å². The Morgan fingerprint density at radius 3 is 2.64 bits per heavy atom. The van der Waals surface area contributed by atoms with Gasteiger partial charge in [0.2, 0.25) is 5.91 Å². The second kappa shape index (κ2) is 7.43. The van der Waals surface area contributed by atoms with Gasteiger partial charge in [-0.15, -0.1) is 10.2 Å². The van der Waals surface area contributed by atoms with Crippen LogP contribution in [-0.4, -0.2) is 26.4 Å². The summed E-state index contributed by atoms with van der Waals surface area (Å²) in [7, 11) is 0. The van der Waals surface area contributed by atoms with Crippen molar-refractivity contribution in [2.45, 2.75) is 12.1 Å². The molecular formula is C17H14F2N4OS. The van der Waals surface area contributed by atoms with Crippen LogP contribution in [0.25, 0.3) is 5.69 Å². The number of hydrogen-bond acceptors (Lipinski definition) is 4.